The van der Waals surface area contributed by atoms with Crippen molar-refractivity contribution >= 4 is 40.9 Å². The van der Waals surface area contributed by atoms with Crippen LogP contribution in [0.2, 0.25) is 0 Å². The fraction of sp³-hybridized carbons (Fsp3) is 0.0870. The molecule has 0 radical (unpaired) electrons. The molecule has 3 aromatic rings. The third-order valence-electron chi connectivity index (χ3n) is 4.97. The lowest BCUT2D eigenvalue weighted by Crippen LogP contribution is -2.54. The van der Waals surface area contributed by atoms with Crippen LogP contribution < -0.4 is 10.2 Å². The third kappa shape index (κ3) is 3.44. The van der Waals surface area contributed by atoms with E-state index in [1.54, 1.807) is 6.08 Å². The largest absolute Gasteiger partial charge is 0.318 e. The number of hydrogen-bond donors (Lipinski definition) is 1. The number of amides is 2. The van der Waals surface area contributed by atoms with E-state index in [1.165, 1.54) is 29.2 Å². The molecule has 0 bridgehead atoms. The first-order valence-corrected chi connectivity index (χ1v) is 9.69. The molecule has 150 valence electrons. The first kappa shape index (κ1) is 19.7. The number of carbonyl (C=O) groups is 2. The fourth-order valence-electron chi connectivity index (χ4n) is 3.55. The van der Waals surface area contributed by atoms with E-state index in [-0.39, 0.29) is 10.7 Å². The van der Waals surface area contributed by atoms with Gasteiger partial charge in [-0.3, -0.25) is 19.8 Å². The lowest BCUT2D eigenvalue weighted by Gasteiger charge is -2.28. The minimum Gasteiger partial charge on any atom is -0.318 e. The van der Waals surface area contributed by atoms with Crippen LogP contribution in [0.25, 0.3) is 11.8 Å². The lowest BCUT2D eigenvalue weighted by molar-refractivity contribution is -0.122. The van der Waals surface area contributed by atoms with Crippen LogP contribution in [0.3, 0.4) is 0 Å². The molecule has 1 saturated heterocycles. The Labute approximate surface area is 178 Å². The molecule has 1 aliphatic rings. The summed E-state index contributed by atoms with van der Waals surface area (Å²) in [5, 5.41) is 2.51. The van der Waals surface area contributed by atoms with Gasteiger partial charge in [0.05, 0.1) is 5.69 Å². The summed E-state index contributed by atoms with van der Waals surface area (Å²) >= 11 is 5.18. The summed E-state index contributed by atoms with van der Waals surface area (Å²) in [7, 11) is 0. The zero-order valence-electron chi connectivity index (χ0n) is 16.3. The Hall–Kier alpha value is -3.58. The Kier molecular flexibility index (Phi) is 5.05. The lowest BCUT2D eigenvalue weighted by atomic mass is 10.1. The van der Waals surface area contributed by atoms with Gasteiger partial charge in [0, 0.05) is 17.1 Å². The second-order valence-electron chi connectivity index (χ2n) is 6.93. The number of anilines is 1. The maximum atomic E-state index is 13.3. The number of thiocarbonyl (C=S) groups is 1. The molecule has 5 nitrogen and oxygen atoms in total. The van der Waals surface area contributed by atoms with E-state index < -0.39 is 17.6 Å². The fourth-order valence-corrected chi connectivity index (χ4v) is 3.83. The van der Waals surface area contributed by atoms with Crippen molar-refractivity contribution in [1.29, 1.82) is 0 Å². The zero-order chi connectivity index (χ0) is 21.4. The van der Waals surface area contributed by atoms with Crippen LogP contribution in [0.1, 0.15) is 17.0 Å². The number of benzene rings is 2. The maximum Gasteiger partial charge on any atom is 0.270 e. The zero-order valence-corrected chi connectivity index (χ0v) is 17.2. The Balaban J connectivity index is 1.76. The van der Waals surface area contributed by atoms with E-state index >= 15 is 0 Å². The highest BCUT2D eigenvalue weighted by molar-refractivity contribution is 7.80. The molecule has 0 unspecified atom stereocenters. The highest BCUT2D eigenvalue weighted by atomic mass is 32.1. The van der Waals surface area contributed by atoms with Crippen LogP contribution >= 0.6 is 12.2 Å². The predicted octanol–water partition coefficient (Wildman–Crippen LogP) is 4.06. The summed E-state index contributed by atoms with van der Waals surface area (Å²) in [5.74, 6) is -1.55. The topological polar surface area (TPSA) is 54.3 Å². The van der Waals surface area contributed by atoms with Crippen LogP contribution in [0.15, 0.2) is 66.2 Å². The van der Waals surface area contributed by atoms with E-state index in [1.807, 2.05) is 50.2 Å². The molecule has 2 heterocycles. The van der Waals surface area contributed by atoms with Crippen molar-refractivity contribution in [1.82, 2.24) is 9.88 Å². The summed E-state index contributed by atoms with van der Waals surface area (Å²) in [6.45, 7) is 3.89. The van der Waals surface area contributed by atoms with E-state index in [2.05, 4.69) is 9.88 Å². The van der Waals surface area contributed by atoms with Crippen LogP contribution in [-0.2, 0) is 9.59 Å². The Bertz CT molecular complexity index is 1200. The average molecular weight is 419 g/mol. The highest BCUT2D eigenvalue weighted by Crippen LogP contribution is 2.26. The number of nitrogens with one attached hydrogen (secondary N) is 1. The van der Waals surface area contributed by atoms with Crippen molar-refractivity contribution in [3.63, 3.8) is 0 Å². The number of halogens is 1. The van der Waals surface area contributed by atoms with E-state index in [4.69, 9.17) is 12.2 Å². The third-order valence-corrected chi connectivity index (χ3v) is 5.26. The van der Waals surface area contributed by atoms with E-state index in [0.717, 1.165) is 22.6 Å². The molecule has 1 aliphatic heterocycles. The van der Waals surface area contributed by atoms with Gasteiger partial charge in [0.2, 0.25) is 0 Å². The van der Waals surface area contributed by atoms with Gasteiger partial charge in [0.25, 0.3) is 11.8 Å². The van der Waals surface area contributed by atoms with Gasteiger partial charge in [-0.1, -0.05) is 18.2 Å². The first-order valence-electron chi connectivity index (χ1n) is 9.28. The molecule has 2 aromatic carbocycles. The molecule has 4 rings (SSSR count). The van der Waals surface area contributed by atoms with Gasteiger partial charge >= 0.3 is 0 Å². The van der Waals surface area contributed by atoms with Gasteiger partial charge < -0.3 is 4.57 Å². The summed E-state index contributed by atoms with van der Waals surface area (Å²) in [5.41, 5.74) is 3.95. The number of nitrogens with zero attached hydrogens (tertiary/aromatic N) is 2. The molecular formula is C23H18FN3O2S. The smallest absolute Gasteiger partial charge is 0.270 e. The van der Waals surface area contributed by atoms with Gasteiger partial charge in [-0.05, 0) is 80.2 Å². The minimum absolute atomic E-state index is 0.0384. The van der Waals surface area contributed by atoms with Crippen LogP contribution in [-0.4, -0.2) is 21.5 Å². The quantitative estimate of drug-likeness (QED) is 0.396. The monoisotopic (exact) mass is 419 g/mol. The number of para-hydroxylation sites is 1. The highest BCUT2D eigenvalue weighted by Gasteiger charge is 2.34. The molecular weight excluding hydrogens is 401 g/mol. The van der Waals surface area contributed by atoms with Gasteiger partial charge in [-0.25, -0.2) is 4.39 Å². The van der Waals surface area contributed by atoms with Gasteiger partial charge in [-0.15, -0.1) is 0 Å². The van der Waals surface area contributed by atoms with Gasteiger partial charge in [0.15, 0.2) is 5.11 Å². The SMILES string of the molecule is Cc1cc(/C=C2/C(=O)NC(=S)N(c3ccc(F)cc3)C2=O)c(C)n1-c1ccccc1. The molecule has 1 aromatic heterocycles. The van der Waals surface area contributed by atoms with Gasteiger partial charge in [0.1, 0.15) is 11.4 Å². The molecule has 7 heteroatoms. The summed E-state index contributed by atoms with van der Waals surface area (Å²) < 4.78 is 15.3. The number of carbonyl (C=O) groups excluding carboxylic acids is 2. The Morgan fingerprint density at radius 3 is 2.30 bits per heavy atom. The Morgan fingerprint density at radius 1 is 0.967 bits per heavy atom. The molecule has 0 saturated carbocycles. The summed E-state index contributed by atoms with van der Waals surface area (Å²) in [6.07, 6.45) is 1.57. The molecule has 2 amide bonds. The minimum atomic E-state index is -0.562. The van der Waals surface area contributed by atoms with E-state index in [9.17, 15) is 14.0 Å². The van der Waals surface area contributed by atoms with Crippen LogP contribution in [0, 0.1) is 19.7 Å². The average Bonchev–Trinajstić information content (AvgIpc) is 3.00. The number of rotatable bonds is 3. The normalized spacial score (nSPS) is 15.6. The van der Waals surface area contributed by atoms with Gasteiger partial charge in [-0.2, -0.15) is 0 Å². The van der Waals surface area contributed by atoms with Crippen molar-refractivity contribution in [3.8, 4) is 5.69 Å². The molecule has 0 atom stereocenters. The predicted molar refractivity (Wildman–Crippen MR) is 118 cm³/mol. The molecule has 1 fully saturated rings. The van der Waals surface area contributed by atoms with E-state index in [0.29, 0.717) is 5.69 Å². The number of aryl methyl sites for hydroxylation is 1. The number of hydrogen-bond acceptors (Lipinski definition) is 3. The van der Waals surface area contributed by atoms with Crippen LogP contribution in [0.5, 0.6) is 0 Å². The van der Waals surface area contributed by atoms with Crippen molar-refractivity contribution in [2.75, 3.05) is 4.90 Å². The molecule has 0 aliphatic carbocycles. The standard InChI is InChI=1S/C23H18FN3O2S/c1-14-12-16(15(2)26(14)18-6-4-3-5-7-18)13-20-21(28)25-23(30)27(22(20)29)19-10-8-17(24)9-11-19/h3-13H,1-2H3,(H,25,28,30)/b20-13-. The molecule has 1 N–H and O–H groups in total. The second-order valence-corrected chi connectivity index (χ2v) is 7.32. The summed E-state index contributed by atoms with van der Waals surface area (Å²) in [6, 6.07) is 17.1. The van der Waals surface area contributed by atoms with Crippen molar-refractivity contribution in [2.24, 2.45) is 0 Å². The first-order chi connectivity index (χ1) is 14.4. The summed E-state index contributed by atoms with van der Waals surface area (Å²) in [4.78, 5) is 26.9. The number of aromatic nitrogens is 1. The van der Waals surface area contributed by atoms with Crippen molar-refractivity contribution in [3.05, 3.63) is 89.0 Å². The second kappa shape index (κ2) is 7.68. The van der Waals surface area contributed by atoms with Crippen molar-refractivity contribution < 1.29 is 14.0 Å². The molecule has 30 heavy (non-hydrogen) atoms. The van der Waals surface area contributed by atoms with Crippen LogP contribution in [0.4, 0.5) is 10.1 Å². The maximum absolute atomic E-state index is 13.3. The molecule has 0 spiro atoms. The van der Waals surface area contributed by atoms with Crippen molar-refractivity contribution in [2.45, 2.75) is 13.8 Å². The Morgan fingerprint density at radius 2 is 1.63 bits per heavy atom.